The summed E-state index contributed by atoms with van der Waals surface area (Å²) < 4.78 is 35.7. The van der Waals surface area contributed by atoms with E-state index in [1.807, 2.05) is 0 Å². The largest absolute Gasteiger partial charge is 0.462 e. The summed E-state index contributed by atoms with van der Waals surface area (Å²) in [6.45, 7) is 5.92. The molecule has 0 saturated heterocycles. The van der Waals surface area contributed by atoms with Crippen LogP contribution in [0.5, 0.6) is 0 Å². The summed E-state index contributed by atoms with van der Waals surface area (Å²) in [6, 6.07) is 0. The minimum atomic E-state index is -3.79. The van der Waals surface area contributed by atoms with Crippen molar-refractivity contribution >= 4 is 16.1 Å². The van der Waals surface area contributed by atoms with E-state index in [9.17, 15) is 13.2 Å². The predicted molar refractivity (Wildman–Crippen MR) is 101 cm³/mol. The number of carbonyl (C=O) groups is 1. The van der Waals surface area contributed by atoms with Crippen LogP contribution in [0, 0.1) is 0 Å². The summed E-state index contributed by atoms with van der Waals surface area (Å²) in [4.78, 5) is 11.0. The van der Waals surface area contributed by atoms with Crippen molar-refractivity contribution in [2.24, 2.45) is 0 Å². The van der Waals surface area contributed by atoms with Crippen LogP contribution in [0.3, 0.4) is 0 Å². The number of unbranched alkanes of at least 4 members (excludes halogenated alkanes) is 7. The molecule has 0 aliphatic carbocycles. The lowest BCUT2D eigenvalue weighted by atomic mass is 10.1. The Morgan fingerprint density at radius 1 is 0.960 bits per heavy atom. The number of carbonyl (C=O) groups excluding carboxylic acids is 1. The normalized spacial score (nSPS) is 12.1. The highest BCUT2D eigenvalue weighted by atomic mass is 32.2. The van der Waals surface area contributed by atoms with Crippen molar-refractivity contribution in [2.45, 2.75) is 57.8 Å². The molecule has 0 amide bonds. The molecule has 0 atom stereocenters. The molecule has 0 rings (SSSR count). The number of nitrogens with zero attached hydrogens (tertiary/aromatic N) is 1. The van der Waals surface area contributed by atoms with Gasteiger partial charge in [0.1, 0.15) is 0 Å². The average Bonchev–Trinajstić information content (AvgIpc) is 2.52. The smallest absolute Gasteiger partial charge is 0.330 e. The Morgan fingerprint density at radius 3 is 1.96 bits per heavy atom. The first-order chi connectivity index (χ1) is 11.7. The Kier molecular flexibility index (Phi) is 12.8. The molecule has 0 unspecified atom stereocenters. The number of quaternary nitrogens is 1. The highest BCUT2D eigenvalue weighted by molar-refractivity contribution is 7.85. The van der Waals surface area contributed by atoms with E-state index in [0.717, 1.165) is 43.3 Å². The molecule has 0 aromatic heterocycles. The molecule has 0 aliphatic heterocycles. The highest BCUT2D eigenvalue weighted by Crippen LogP contribution is 2.11. The Morgan fingerprint density at radius 2 is 1.44 bits per heavy atom. The van der Waals surface area contributed by atoms with E-state index in [1.54, 1.807) is 0 Å². The van der Waals surface area contributed by atoms with Gasteiger partial charge in [-0.15, -0.1) is 0 Å². The van der Waals surface area contributed by atoms with E-state index in [-0.39, 0.29) is 11.7 Å². The van der Waals surface area contributed by atoms with Gasteiger partial charge in [0.2, 0.25) is 0 Å². The zero-order valence-corrected chi connectivity index (χ0v) is 16.7. The molecular formula is C18H36NO5S+. The first-order valence-corrected chi connectivity index (χ1v) is 10.8. The lowest BCUT2D eigenvalue weighted by Gasteiger charge is -2.29. The zero-order chi connectivity index (χ0) is 19.2. The van der Waals surface area contributed by atoms with Crippen LogP contribution >= 0.6 is 0 Å². The molecule has 1 N–H and O–H groups in total. The van der Waals surface area contributed by atoms with Crippen LogP contribution in [-0.2, 0) is 19.6 Å². The maximum atomic E-state index is 11.0. The van der Waals surface area contributed by atoms with Gasteiger partial charge in [0.15, 0.2) is 0 Å². The molecule has 0 aliphatic rings. The second-order valence-corrected chi connectivity index (χ2v) is 8.79. The van der Waals surface area contributed by atoms with Crippen LogP contribution in [0.15, 0.2) is 12.7 Å². The maximum absolute atomic E-state index is 11.0. The number of ether oxygens (including phenoxy) is 1. The first-order valence-electron chi connectivity index (χ1n) is 9.23. The van der Waals surface area contributed by atoms with Crippen LogP contribution in [0.25, 0.3) is 0 Å². The second-order valence-electron chi connectivity index (χ2n) is 7.22. The van der Waals surface area contributed by atoms with E-state index >= 15 is 0 Å². The number of esters is 1. The van der Waals surface area contributed by atoms with Gasteiger partial charge in [-0.3, -0.25) is 4.55 Å². The first kappa shape index (κ1) is 24.1. The van der Waals surface area contributed by atoms with Crippen LogP contribution in [0.2, 0.25) is 0 Å². The molecule has 0 spiro atoms. The van der Waals surface area contributed by atoms with Crippen LogP contribution < -0.4 is 0 Å². The van der Waals surface area contributed by atoms with Crippen LogP contribution in [0.4, 0.5) is 0 Å². The third-order valence-corrected chi connectivity index (χ3v) is 5.04. The van der Waals surface area contributed by atoms with Gasteiger partial charge < -0.3 is 9.22 Å². The summed E-state index contributed by atoms with van der Waals surface area (Å²) >= 11 is 0. The summed E-state index contributed by atoms with van der Waals surface area (Å²) in [5.41, 5.74) is 0. The van der Waals surface area contributed by atoms with Crippen molar-refractivity contribution in [1.82, 2.24) is 0 Å². The van der Waals surface area contributed by atoms with Crippen LogP contribution in [-0.4, -0.2) is 63.0 Å². The predicted octanol–water partition coefficient (Wildman–Crippen LogP) is 3.19. The molecule has 148 valence electrons. The van der Waals surface area contributed by atoms with Gasteiger partial charge in [0.25, 0.3) is 10.1 Å². The van der Waals surface area contributed by atoms with Gasteiger partial charge in [-0.1, -0.05) is 38.7 Å². The van der Waals surface area contributed by atoms with Gasteiger partial charge in [-0.2, -0.15) is 8.42 Å². The van der Waals surface area contributed by atoms with Gasteiger partial charge >= 0.3 is 5.97 Å². The monoisotopic (exact) mass is 378 g/mol. The third-order valence-electron chi connectivity index (χ3n) is 4.23. The number of rotatable bonds is 16. The van der Waals surface area contributed by atoms with Gasteiger partial charge in [0.05, 0.1) is 39.5 Å². The standard InChI is InChI=1S/C18H35NO5S/c1-4-18(20)24-16-13-15-19(2,3)14-11-9-7-5-6-8-10-12-17-25(21,22)23/h4H,1,5-17H2,2-3H3/p+1. The lowest BCUT2D eigenvalue weighted by molar-refractivity contribution is -0.890. The molecule has 0 heterocycles. The molecule has 0 aromatic rings. The van der Waals surface area contributed by atoms with Gasteiger partial charge in [-0.25, -0.2) is 4.79 Å². The van der Waals surface area contributed by atoms with Crippen molar-refractivity contribution in [3.8, 4) is 0 Å². The number of hydrogen-bond acceptors (Lipinski definition) is 4. The fourth-order valence-electron chi connectivity index (χ4n) is 2.72. The lowest BCUT2D eigenvalue weighted by Crippen LogP contribution is -2.41. The van der Waals surface area contributed by atoms with Crippen molar-refractivity contribution in [3.05, 3.63) is 12.7 Å². The average molecular weight is 379 g/mol. The summed E-state index contributed by atoms with van der Waals surface area (Å²) in [5, 5.41) is 0. The van der Waals surface area contributed by atoms with Gasteiger partial charge in [-0.05, 0) is 19.3 Å². The topological polar surface area (TPSA) is 80.7 Å². The molecule has 6 nitrogen and oxygen atoms in total. The fraction of sp³-hybridized carbons (Fsp3) is 0.833. The second kappa shape index (κ2) is 13.3. The molecule has 7 heteroatoms. The quantitative estimate of drug-likeness (QED) is 0.147. The van der Waals surface area contributed by atoms with Gasteiger partial charge in [0, 0.05) is 12.5 Å². The fourth-order valence-corrected chi connectivity index (χ4v) is 3.29. The SMILES string of the molecule is C=CC(=O)OCCC[N+](C)(C)CCCCCCCCCCS(=O)(=O)O. The molecule has 0 bridgehead atoms. The summed E-state index contributed by atoms with van der Waals surface area (Å²) in [6.07, 6.45) is 10.4. The minimum Gasteiger partial charge on any atom is -0.462 e. The minimum absolute atomic E-state index is 0.118. The van der Waals surface area contributed by atoms with E-state index in [4.69, 9.17) is 9.29 Å². The Labute approximate surface area is 153 Å². The van der Waals surface area contributed by atoms with E-state index in [0.29, 0.717) is 13.0 Å². The van der Waals surface area contributed by atoms with E-state index in [1.165, 1.54) is 31.8 Å². The molecule has 0 saturated carbocycles. The maximum Gasteiger partial charge on any atom is 0.330 e. The van der Waals surface area contributed by atoms with E-state index in [2.05, 4.69) is 20.7 Å². The molecule has 0 radical (unpaired) electrons. The van der Waals surface area contributed by atoms with Crippen LogP contribution in [0.1, 0.15) is 57.8 Å². The zero-order valence-electron chi connectivity index (χ0n) is 15.9. The molecule has 0 fully saturated rings. The Balaban J connectivity index is 3.47. The molecule has 0 aromatic carbocycles. The third kappa shape index (κ3) is 17.7. The van der Waals surface area contributed by atoms with Crippen molar-refractivity contribution in [2.75, 3.05) is 39.5 Å². The summed E-state index contributed by atoms with van der Waals surface area (Å²) in [5.74, 6) is -0.476. The molecule has 25 heavy (non-hydrogen) atoms. The van der Waals surface area contributed by atoms with E-state index < -0.39 is 10.1 Å². The Hall–Kier alpha value is -0.920. The Bertz CT molecular complexity index is 474. The van der Waals surface area contributed by atoms with Crippen molar-refractivity contribution in [3.63, 3.8) is 0 Å². The highest BCUT2D eigenvalue weighted by Gasteiger charge is 2.14. The van der Waals surface area contributed by atoms with Crippen molar-refractivity contribution in [1.29, 1.82) is 0 Å². The summed E-state index contributed by atoms with van der Waals surface area (Å²) in [7, 11) is 0.610. The van der Waals surface area contributed by atoms with Crippen molar-refractivity contribution < 1.29 is 27.0 Å². The molecular weight excluding hydrogens is 342 g/mol. The number of hydrogen-bond donors (Lipinski definition) is 1.